The Morgan fingerprint density at radius 2 is 2.47 bits per heavy atom. The third-order valence-electron chi connectivity index (χ3n) is 3.07. The minimum absolute atomic E-state index is 0.467. The standard InChI is InChI=1S/C11H15N5O/c1-9-13-11(17-14-9)8-15-6-3-10(7-15)16-5-2-4-12-16/h2,4-5,10H,3,6-8H2,1H3. The summed E-state index contributed by atoms with van der Waals surface area (Å²) in [6.45, 7) is 4.61. The van der Waals surface area contributed by atoms with E-state index in [-0.39, 0.29) is 0 Å². The first-order chi connectivity index (χ1) is 8.31. The molecule has 1 fully saturated rings. The van der Waals surface area contributed by atoms with Gasteiger partial charge in [-0.05, 0) is 19.4 Å². The molecule has 1 aliphatic heterocycles. The van der Waals surface area contributed by atoms with Crippen molar-refractivity contribution in [2.45, 2.75) is 25.9 Å². The Labute approximate surface area is 99.2 Å². The van der Waals surface area contributed by atoms with Crippen LogP contribution in [0.4, 0.5) is 0 Å². The fourth-order valence-electron chi connectivity index (χ4n) is 2.26. The number of nitrogens with zero attached hydrogens (tertiary/aromatic N) is 5. The average Bonchev–Trinajstić information content (AvgIpc) is 3.00. The lowest BCUT2D eigenvalue weighted by molar-refractivity contribution is 0.258. The topological polar surface area (TPSA) is 60.0 Å². The maximum Gasteiger partial charge on any atom is 0.240 e. The van der Waals surface area contributed by atoms with E-state index in [1.54, 1.807) is 0 Å². The Kier molecular flexibility index (Phi) is 2.64. The van der Waals surface area contributed by atoms with E-state index in [9.17, 15) is 0 Å². The predicted octanol–water partition coefficient (Wildman–Crippen LogP) is 1.02. The lowest BCUT2D eigenvalue weighted by Gasteiger charge is -2.13. The molecule has 6 nitrogen and oxygen atoms in total. The summed E-state index contributed by atoms with van der Waals surface area (Å²) in [5.41, 5.74) is 0. The van der Waals surface area contributed by atoms with Crippen LogP contribution in [0.5, 0.6) is 0 Å². The largest absolute Gasteiger partial charge is 0.338 e. The van der Waals surface area contributed by atoms with Gasteiger partial charge in [0.2, 0.25) is 5.89 Å². The van der Waals surface area contributed by atoms with Gasteiger partial charge in [0, 0.05) is 25.5 Å². The van der Waals surface area contributed by atoms with Gasteiger partial charge in [-0.15, -0.1) is 0 Å². The van der Waals surface area contributed by atoms with Gasteiger partial charge in [-0.25, -0.2) is 0 Å². The van der Waals surface area contributed by atoms with Crippen molar-refractivity contribution in [2.24, 2.45) is 0 Å². The van der Waals surface area contributed by atoms with Crippen LogP contribution in [0.1, 0.15) is 24.2 Å². The van der Waals surface area contributed by atoms with E-state index in [2.05, 4.69) is 20.1 Å². The second-order valence-corrected chi connectivity index (χ2v) is 4.40. The molecule has 0 aromatic carbocycles. The first kappa shape index (κ1) is 10.5. The SMILES string of the molecule is Cc1noc(CN2CCC(n3cccn3)C2)n1. The predicted molar refractivity (Wildman–Crippen MR) is 60.2 cm³/mol. The van der Waals surface area contributed by atoms with Crippen molar-refractivity contribution in [3.63, 3.8) is 0 Å². The molecule has 0 radical (unpaired) electrons. The smallest absolute Gasteiger partial charge is 0.240 e. The number of likely N-dealkylation sites (tertiary alicyclic amines) is 1. The maximum absolute atomic E-state index is 5.13. The van der Waals surface area contributed by atoms with E-state index in [0.717, 1.165) is 26.1 Å². The van der Waals surface area contributed by atoms with Crippen LogP contribution in [-0.2, 0) is 6.54 Å². The van der Waals surface area contributed by atoms with E-state index < -0.39 is 0 Å². The van der Waals surface area contributed by atoms with Crippen molar-refractivity contribution < 1.29 is 4.52 Å². The van der Waals surface area contributed by atoms with Gasteiger partial charge in [0.25, 0.3) is 0 Å². The molecule has 1 unspecified atom stereocenters. The summed E-state index contributed by atoms with van der Waals surface area (Å²) in [4.78, 5) is 6.54. The van der Waals surface area contributed by atoms with Gasteiger partial charge in [-0.2, -0.15) is 10.1 Å². The molecule has 3 rings (SSSR count). The molecule has 0 aliphatic carbocycles. The van der Waals surface area contributed by atoms with Gasteiger partial charge in [-0.1, -0.05) is 5.16 Å². The minimum Gasteiger partial charge on any atom is -0.338 e. The molecule has 90 valence electrons. The Morgan fingerprint density at radius 3 is 3.18 bits per heavy atom. The molecule has 1 atom stereocenters. The van der Waals surface area contributed by atoms with Gasteiger partial charge in [0.1, 0.15) is 0 Å². The molecular formula is C11H15N5O. The molecule has 17 heavy (non-hydrogen) atoms. The molecule has 0 spiro atoms. The van der Waals surface area contributed by atoms with Gasteiger partial charge >= 0.3 is 0 Å². The fourth-order valence-corrected chi connectivity index (χ4v) is 2.26. The molecule has 6 heteroatoms. The van der Waals surface area contributed by atoms with Crippen molar-refractivity contribution in [2.75, 3.05) is 13.1 Å². The third-order valence-corrected chi connectivity index (χ3v) is 3.07. The lowest BCUT2D eigenvalue weighted by Crippen LogP contribution is -2.21. The highest BCUT2D eigenvalue weighted by molar-refractivity contribution is 4.89. The van der Waals surface area contributed by atoms with Crippen LogP contribution in [0.15, 0.2) is 23.0 Å². The number of aromatic nitrogens is 4. The van der Waals surface area contributed by atoms with Gasteiger partial charge in [0.05, 0.1) is 12.6 Å². The van der Waals surface area contributed by atoms with E-state index in [1.807, 2.05) is 30.1 Å². The molecule has 0 bridgehead atoms. The maximum atomic E-state index is 5.13. The van der Waals surface area contributed by atoms with Gasteiger partial charge in [-0.3, -0.25) is 9.58 Å². The number of hydrogen-bond acceptors (Lipinski definition) is 5. The Morgan fingerprint density at radius 1 is 1.53 bits per heavy atom. The number of hydrogen-bond donors (Lipinski definition) is 0. The zero-order chi connectivity index (χ0) is 11.7. The zero-order valence-corrected chi connectivity index (χ0v) is 9.78. The summed E-state index contributed by atoms with van der Waals surface area (Å²) in [7, 11) is 0. The first-order valence-electron chi connectivity index (χ1n) is 5.82. The van der Waals surface area contributed by atoms with Gasteiger partial charge < -0.3 is 4.52 Å². The van der Waals surface area contributed by atoms with E-state index in [4.69, 9.17) is 4.52 Å². The first-order valence-corrected chi connectivity index (χ1v) is 5.82. The Hall–Kier alpha value is -1.69. The molecular weight excluding hydrogens is 218 g/mol. The number of rotatable bonds is 3. The van der Waals surface area contributed by atoms with Gasteiger partial charge in [0.15, 0.2) is 5.82 Å². The highest BCUT2D eigenvalue weighted by Gasteiger charge is 2.25. The Balaban J connectivity index is 1.61. The van der Waals surface area contributed by atoms with Crippen LogP contribution in [0.2, 0.25) is 0 Å². The van der Waals surface area contributed by atoms with E-state index in [1.165, 1.54) is 0 Å². The molecule has 1 saturated heterocycles. The molecule has 3 heterocycles. The van der Waals surface area contributed by atoms with Crippen LogP contribution < -0.4 is 0 Å². The molecule has 1 aliphatic rings. The third kappa shape index (κ3) is 2.21. The number of aryl methyl sites for hydroxylation is 1. The molecule has 2 aromatic rings. The summed E-state index contributed by atoms with van der Waals surface area (Å²) in [5, 5.41) is 8.08. The molecule has 0 N–H and O–H groups in total. The average molecular weight is 233 g/mol. The Bertz CT molecular complexity index is 478. The molecule has 0 amide bonds. The molecule has 2 aromatic heterocycles. The van der Waals surface area contributed by atoms with Crippen LogP contribution >= 0.6 is 0 Å². The summed E-state index contributed by atoms with van der Waals surface area (Å²) < 4.78 is 7.15. The summed E-state index contributed by atoms with van der Waals surface area (Å²) >= 11 is 0. The summed E-state index contributed by atoms with van der Waals surface area (Å²) in [6.07, 6.45) is 4.96. The monoisotopic (exact) mass is 233 g/mol. The highest BCUT2D eigenvalue weighted by atomic mass is 16.5. The van der Waals surface area contributed by atoms with E-state index in [0.29, 0.717) is 17.8 Å². The van der Waals surface area contributed by atoms with Crippen molar-refractivity contribution >= 4 is 0 Å². The van der Waals surface area contributed by atoms with Crippen molar-refractivity contribution in [1.82, 2.24) is 24.8 Å². The summed E-state index contributed by atoms with van der Waals surface area (Å²) in [5.74, 6) is 1.39. The van der Waals surface area contributed by atoms with E-state index >= 15 is 0 Å². The quantitative estimate of drug-likeness (QED) is 0.792. The van der Waals surface area contributed by atoms with Crippen LogP contribution in [-0.4, -0.2) is 37.9 Å². The lowest BCUT2D eigenvalue weighted by atomic mass is 10.3. The summed E-state index contributed by atoms with van der Waals surface area (Å²) in [6, 6.07) is 2.43. The zero-order valence-electron chi connectivity index (χ0n) is 9.78. The second-order valence-electron chi connectivity index (χ2n) is 4.40. The van der Waals surface area contributed by atoms with Crippen LogP contribution in [0, 0.1) is 6.92 Å². The van der Waals surface area contributed by atoms with Crippen LogP contribution in [0.25, 0.3) is 0 Å². The van der Waals surface area contributed by atoms with Crippen molar-refractivity contribution in [3.8, 4) is 0 Å². The van der Waals surface area contributed by atoms with Crippen LogP contribution in [0.3, 0.4) is 0 Å². The second kappa shape index (κ2) is 4.29. The fraction of sp³-hybridized carbons (Fsp3) is 0.545. The van der Waals surface area contributed by atoms with Crippen molar-refractivity contribution in [1.29, 1.82) is 0 Å². The highest BCUT2D eigenvalue weighted by Crippen LogP contribution is 2.21. The van der Waals surface area contributed by atoms with Crippen molar-refractivity contribution in [3.05, 3.63) is 30.2 Å². The molecule has 0 saturated carbocycles. The normalized spacial score (nSPS) is 21.1. The minimum atomic E-state index is 0.467.